The number of aliphatic carboxylic acids is 1. The number of thiophene rings is 1. The van der Waals surface area contributed by atoms with Gasteiger partial charge in [0.2, 0.25) is 6.43 Å². The van der Waals surface area contributed by atoms with Crippen molar-refractivity contribution in [1.29, 1.82) is 0 Å². The molecule has 22 heavy (non-hydrogen) atoms. The van der Waals surface area contributed by atoms with Crippen LogP contribution in [0.1, 0.15) is 21.9 Å². The molecule has 2 aromatic heterocycles. The first-order valence-corrected chi connectivity index (χ1v) is 7.17. The molecular weight excluding hydrogens is 316 g/mol. The predicted molar refractivity (Wildman–Crippen MR) is 76.3 cm³/mol. The van der Waals surface area contributed by atoms with Crippen LogP contribution in [0, 0.1) is 6.92 Å². The highest BCUT2D eigenvalue weighted by atomic mass is 32.1. The largest absolute Gasteiger partial charge is 0.480 e. The van der Waals surface area contributed by atoms with Gasteiger partial charge in [0, 0.05) is 6.42 Å². The molecule has 2 heterocycles. The van der Waals surface area contributed by atoms with Crippen molar-refractivity contribution in [2.45, 2.75) is 25.8 Å². The van der Waals surface area contributed by atoms with E-state index in [4.69, 9.17) is 9.52 Å². The van der Waals surface area contributed by atoms with Crippen molar-refractivity contribution in [3.8, 4) is 10.6 Å². The van der Waals surface area contributed by atoms with E-state index < -0.39 is 30.8 Å². The molecule has 118 valence electrons. The molecule has 1 amide bonds. The maximum absolute atomic E-state index is 12.3. The Morgan fingerprint density at radius 3 is 2.59 bits per heavy atom. The molecule has 0 fully saturated rings. The molecule has 0 aliphatic rings. The first kappa shape index (κ1) is 16.2. The summed E-state index contributed by atoms with van der Waals surface area (Å²) >= 11 is 1.09. The summed E-state index contributed by atoms with van der Waals surface area (Å²) in [5.74, 6) is -0.888. The van der Waals surface area contributed by atoms with Crippen LogP contribution in [0.5, 0.6) is 0 Å². The van der Waals surface area contributed by atoms with Crippen LogP contribution in [0.3, 0.4) is 0 Å². The third-order valence-corrected chi connectivity index (χ3v) is 3.93. The van der Waals surface area contributed by atoms with Gasteiger partial charge >= 0.3 is 5.97 Å². The quantitative estimate of drug-likeness (QED) is 0.853. The highest BCUT2D eigenvalue weighted by Crippen LogP contribution is 2.29. The third-order valence-electron chi connectivity index (χ3n) is 2.83. The number of carboxylic acids is 1. The van der Waals surface area contributed by atoms with Crippen LogP contribution < -0.4 is 5.32 Å². The maximum atomic E-state index is 12.3. The fraction of sp³-hybridized carbons (Fsp3) is 0.286. The molecule has 0 aliphatic heterocycles. The number of aryl methyl sites for hydroxylation is 1. The van der Waals surface area contributed by atoms with Crippen LogP contribution in [0.2, 0.25) is 0 Å². The fourth-order valence-electron chi connectivity index (χ4n) is 1.79. The molecular formula is C14H13F2NO4S. The number of hydrogen-bond acceptors (Lipinski definition) is 4. The molecule has 0 bridgehead atoms. The summed E-state index contributed by atoms with van der Waals surface area (Å²) in [5.41, 5.74) is 0. The Balaban J connectivity index is 2.09. The SMILES string of the molecule is Cc1ccc(-c2ccc(C(=O)NC(CC(F)F)C(=O)O)s2)o1. The number of amides is 1. The minimum absolute atomic E-state index is 0.226. The Labute approximate surface area is 128 Å². The van der Waals surface area contributed by atoms with Crippen molar-refractivity contribution in [2.75, 3.05) is 0 Å². The van der Waals surface area contributed by atoms with E-state index in [0.29, 0.717) is 10.6 Å². The number of hydrogen-bond donors (Lipinski definition) is 2. The van der Waals surface area contributed by atoms with Crippen LogP contribution in [-0.2, 0) is 4.79 Å². The summed E-state index contributed by atoms with van der Waals surface area (Å²) in [7, 11) is 0. The summed E-state index contributed by atoms with van der Waals surface area (Å²) in [5, 5.41) is 10.9. The van der Waals surface area contributed by atoms with Gasteiger partial charge in [0.25, 0.3) is 5.91 Å². The van der Waals surface area contributed by atoms with Crippen molar-refractivity contribution in [3.05, 3.63) is 34.9 Å². The van der Waals surface area contributed by atoms with E-state index >= 15 is 0 Å². The summed E-state index contributed by atoms with van der Waals surface area (Å²) in [6.07, 6.45) is -3.75. The lowest BCUT2D eigenvalue weighted by Crippen LogP contribution is -2.41. The lowest BCUT2D eigenvalue weighted by Gasteiger charge is -2.13. The van der Waals surface area contributed by atoms with Crippen LogP contribution in [0.25, 0.3) is 10.6 Å². The number of halogens is 2. The standard InChI is InChI=1S/C14H13F2NO4S/c1-7-2-3-9(21-7)10-4-5-11(22-10)13(18)17-8(14(19)20)6-12(15)16/h2-5,8,12H,6H2,1H3,(H,17,18)(H,19,20). The monoisotopic (exact) mass is 329 g/mol. The van der Waals surface area contributed by atoms with Crippen LogP contribution in [0.15, 0.2) is 28.7 Å². The van der Waals surface area contributed by atoms with E-state index in [-0.39, 0.29) is 4.88 Å². The number of rotatable bonds is 6. The van der Waals surface area contributed by atoms with Crippen LogP contribution in [-0.4, -0.2) is 29.5 Å². The molecule has 0 aliphatic carbocycles. The number of alkyl halides is 2. The molecule has 0 saturated carbocycles. The van der Waals surface area contributed by atoms with E-state index in [1.165, 1.54) is 6.07 Å². The van der Waals surface area contributed by atoms with Crippen LogP contribution in [0.4, 0.5) is 8.78 Å². The number of carboxylic acid groups (broad SMARTS) is 1. The Morgan fingerprint density at radius 2 is 2.05 bits per heavy atom. The number of carbonyl (C=O) groups is 2. The van der Waals surface area contributed by atoms with Crippen molar-refractivity contribution in [3.63, 3.8) is 0 Å². The molecule has 2 N–H and O–H groups in total. The zero-order chi connectivity index (χ0) is 16.3. The number of furan rings is 1. The zero-order valence-electron chi connectivity index (χ0n) is 11.5. The van der Waals surface area contributed by atoms with Gasteiger partial charge in [0.1, 0.15) is 17.6 Å². The third kappa shape index (κ3) is 3.91. The summed E-state index contributed by atoms with van der Waals surface area (Å²) in [4.78, 5) is 23.7. The molecule has 1 atom stereocenters. The molecule has 8 heteroatoms. The molecule has 1 unspecified atom stereocenters. The van der Waals surface area contributed by atoms with E-state index in [2.05, 4.69) is 5.32 Å². The van der Waals surface area contributed by atoms with Gasteiger partial charge in [-0.25, -0.2) is 13.6 Å². The number of nitrogens with one attached hydrogen (secondary N) is 1. The zero-order valence-corrected chi connectivity index (χ0v) is 12.3. The van der Waals surface area contributed by atoms with Gasteiger partial charge in [0.05, 0.1) is 9.75 Å². The fourth-order valence-corrected chi connectivity index (χ4v) is 2.66. The van der Waals surface area contributed by atoms with E-state index in [1.807, 2.05) is 0 Å². The summed E-state index contributed by atoms with van der Waals surface area (Å²) < 4.78 is 30.0. The van der Waals surface area contributed by atoms with Gasteiger partial charge < -0.3 is 14.8 Å². The second-order valence-corrected chi connectivity index (χ2v) is 5.65. The molecule has 2 rings (SSSR count). The van der Waals surface area contributed by atoms with E-state index in [9.17, 15) is 18.4 Å². The Hall–Kier alpha value is -2.22. The minimum atomic E-state index is -2.81. The Morgan fingerprint density at radius 1 is 1.32 bits per heavy atom. The van der Waals surface area contributed by atoms with Gasteiger partial charge in [-0.05, 0) is 31.2 Å². The topological polar surface area (TPSA) is 79.5 Å². The van der Waals surface area contributed by atoms with E-state index in [1.54, 1.807) is 25.1 Å². The molecule has 0 aromatic carbocycles. The van der Waals surface area contributed by atoms with Gasteiger partial charge in [-0.2, -0.15) is 0 Å². The molecule has 2 aromatic rings. The smallest absolute Gasteiger partial charge is 0.326 e. The normalized spacial score (nSPS) is 12.4. The van der Waals surface area contributed by atoms with Crippen LogP contribution >= 0.6 is 11.3 Å². The van der Waals surface area contributed by atoms with Crippen molar-refractivity contribution in [2.24, 2.45) is 0 Å². The van der Waals surface area contributed by atoms with Crippen molar-refractivity contribution in [1.82, 2.24) is 5.32 Å². The lowest BCUT2D eigenvalue weighted by molar-refractivity contribution is -0.140. The predicted octanol–water partition coefficient (Wildman–Crippen LogP) is 3.15. The average Bonchev–Trinajstić information content (AvgIpc) is 3.05. The van der Waals surface area contributed by atoms with Gasteiger partial charge in [-0.1, -0.05) is 0 Å². The van der Waals surface area contributed by atoms with E-state index in [0.717, 1.165) is 17.1 Å². The Kier molecular flexibility index (Phi) is 4.92. The molecule has 0 saturated heterocycles. The molecule has 5 nitrogen and oxygen atoms in total. The molecule has 0 spiro atoms. The second-order valence-electron chi connectivity index (χ2n) is 4.57. The number of carbonyl (C=O) groups excluding carboxylic acids is 1. The highest BCUT2D eigenvalue weighted by molar-refractivity contribution is 7.17. The maximum Gasteiger partial charge on any atom is 0.326 e. The van der Waals surface area contributed by atoms with Gasteiger partial charge in [-0.15, -0.1) is 11.3 Å². The summed E-state index contributed by atoms with van der Waals surface area (Å²) in [6, 6.07) is 5.05. The average molecular weight is 329 g/mol. The van der Waals surface area contributed by atoms with Crippen molar-refractivity contribution >= 4 is 23.2 Å². The Bertz CT molecular complexity index is 680. The van der Waals surface area contributed by atoms with Gasteiger partial charge in [-0.3, -0.25) is 4.79 Å². The second kappa shape index (κ2) is 6.69. The lowest BCUT2D eigenvalue weighted by atomic mass is 10.2. The first-order chi connectivity index (χ1) is 10.4. The summed E-state index contributed by atoms with van der Waals surface area (Å²) in [6.45, 7) is 1.78. The van der Waals surface area contributed by atoms with Crippen molar-refractivity contribution < 1.29 is 27.9 Å². The minimum Gasteiger partial charge on any atom is -0.480 e. The highest BCUT2D eigenvalue weighted by Gasteiger charge is 2.25. The molecule has 0 radical (unpaired) electrons. The van der Waals surface area contributed by atoms with Gasteiger partial charge in [0.15, 0.2) is 0 Å². The first-order valence-electron chi connectivity index (χ1n) is 6.35.